The first-order valence-electron chi connectivity index (χ1n) is 14.2. The fourth-order valence-corrected chi connectivity index (χ4v) is 7.35. The molecule has 5 aliphatic rings. The average molecular weight is 603 g/mol. The molecule has 0 aromatic carbocycles. The standard InChI is InChI=1S/C29H38N4O10/c1-11-10-43-8-7-33(11)9-15(34)31-14-6-5-13-12(2)16-18(23(36)17(13)22(14)35)26(39)29(42)20(24(16)37)21(32(3)4)25(38)19(27(29)40)28(30)41/h11-12,20-21,24,26,35,37-39,42H,5-10H2,1-4H3,(H2,30,41)(H,31,34)/t11?,12?,20?,21-,24?,26?,29-/m0/s1. The predicted molar refractivity (Wildman–Crippen MR) is 149 cm³/mol. The number of likely N-dealkylation sites (N-methyl/N-ethyl adjacent to an activating group) is 1. The van der Waals surface area contributed by atoms with Gasteiger partial charge in [0.1, 0.15) is 23.2 Å². The number of carbonyl (C=O) groups is 4. The van der Waals surface area contributed by atoms with Crippen LogP contribution in [0.2, 0.25) is 0 Å². The van der Waals surface area contributed by atoms with Crippen molar-refractivity contribution in [3.05, 3.63) is 45.1 Å². The number of aliphatic hydroxyl groups excluding tert-OH is 4. The number of allylic oxidation sites excluding steroid dienone is 3. The van der Waals surface area contributed by atoms with Crippen molar-refractivity contribution in [2.45, 2.75) is 56.6 Å². The van der Waals surface area contributed by atoms with E-state index in [1.807, 2.05) is 11.8 Å². The van der Waals surface area contributed by atoms with Crippen LogP contribution in [0.1, 0.15) is 26.7 Å². The second-order valence-corrected chi connectivity index (χ2v) is 12.2. The van der Waals surface area contributed by atoms with Crippen molar-refractivity contribution in [2.24, 2.45) is 17.6 Å². The molecule has 0 aromatic heterocycles. The molecule has 2 amide bonds. The Balaban J connectivity index is 1.53. The predicted octanol–water partition coefficient (Wildman–Crippen LogP) is -1.91. The first-order chi connectivity index (χ1) is 20.1. The van der Waals surface area contributed by atoms with E-state index in [2.05, 4.69) is 5.32 Å². The van der Waals surface area contributed by atoms with Crippen LogP contribution in [-0.4, -0.2) is 129 Å². The lowest BCUT2D eigenvalue weighted by Crippen LogP contribution is -2.71. The van der Waals surface area contributed by atoms with Gasteiger partial charge in [-0.05, 0) is 45.0 Å². The Kier molecular flexibility index (Phi) is 7.90. The van der Waals surface area contributed by atoms with E-state index in [9.17, 15) is 44.7 Å². The first kappa shape index (κ1) is 31.0. The fraction of sp³-hybridized carbons (Fsp3) is 0.586. The number of morpholine rings is 1. The Morgan fingerprint density at radius 2 is 1.84 bits per heavy atom. The van der Waals surface area contributed by atoms with Crippen LogP contribution in [0.15, 0.2) is 45.1 Å². The fourth-order valence-electron chi connectivity index (χ4n) is 7.35. The van der Waals surface area contributed by atoms with Crippen molar-refractivity contribution in [3.8, 4) is 0 Å². The molecule has 1 aliphatic heterocycles. The third-order valence-corrected chi connectivity index (χ3v) is 9.53. The average Bonchev–Trinajstić information content (AvgIpc) is 2.93. The molecule has 7 atom stereocenters. The number of primary amides is 1. The van der Waals surface area contributed by atoms with Crippen LogP contribution in [0.25, 0.3) is 0 Å². The molecule has 0 aromatic rings. The van der Waals surface area contributed by atoms with Gasteiger partial charge in [-0.3, -0.25) is 29.0 Å². The van der Waals surface area contributed by atoms with Gasteiger partial charge in [-0.1, -0.05) is 6.92 Å². The Morgan fingerprint density at radius 1 is 1.16 bits per heavy atom. The number of nitrogens with zero attached hydrogens (tertiary/aromatic N) is 2. The molecule has 234 valence electrons. The molecule has 1 fully saturated rings. The molecule has 4 aliphatic carbocycles. The molecule has 8 N–H and O–H groups in total. The molecule has 5 unspecified atom stereocenters. The lowest BCUT2D eigenvalue weighted by molar-refractivity contribution is -0.178. The van der Waals surface area contributed by atoms with Gasteiger partial charge in [0.25, 0.3) is 5.91 Å². The molecule has 0 saturated carbocycles. The van der Waals surface area contributed by atoms with Crippen LogP contribution in [0.5, 0.6) is 0 Å². The number of hydrogen-bond donors (Lipinski definition) is 7. The molecule has 43 heavy (non-hydrogen) atoms. The molecule has 0 spiro atoms. The number of fused-ring (bicyclic) bond motifs is 1. The number of Topliss-reactive ketones (excluding diaryl/α,β-unsaturated/α-hetero) is 2. The molecule has 1 heterocycles. The molecule has 14 nitrogen and oxygen atoms in total. The minimum Gasteiger partial charge on any atom is -0.510 e. The minimum absolute atomic E-state index is 0.0177. The van der Waals surface area contributed by atoms with E-state index in [-0.39, 0.29) is 42.3 Å². The Bertz CT molecular complexity index is 1430. The number of aliphatic hydroxyl groups is 5. The number of rotatable bonds is 5. The quantitative estimate of drug-likeness (QED) is 0.171. The van der Waals surface area contributed by atoms with Gasteiger partial charge in [0.15, 0.2) is 11.4 Å². The number of hydrogen-bond acceptors (Lipinski definition) is 12. The summed E-state index contributed by atoms with van der Waals surface area (Å²) in [5.41, 5.74) is 1.43. The van der Waals surface area contributed by atoms with Crippen molar-refractivity contribution >= 4 is 23.4 Å². The highest BCUT2D eigenvalue weighted by Gasteiger charge is 2.67. The third-order valence-electron chi connectivity index (χ3n) is 9.53. The topological polar surface area (TPSA) is 223 Å². The lowest BCUT2D eigenvalue weighted by atomic mass is 9.55. The summed E-state index contributed by atoms with van der Waals surface area (Å²) in [7, 11) is 2.96. The van der Waals surface area contributed by atoms with Crippen molar-refractivity contribution < 1.29 is 49.4 Å². The van der Waals surface area contributed by atoms with Crippen LogP contribution < -0.4 is 11.1 Å². The summed E-state index contributed by atoms with van der Waals surface area (Å²) in [5, 5.41) is 59.9. The Hall–Kier alpha value is -3.40. The van der Waals surface area contributed by atoms with E-state index in [0.29, 0.717) is 25.3 Å². The van der Waals surface area contributed by atoms with Gasteiger partial charge in [-0.25, -0.2) is 0 Å². The molecule has 5 rings (SSSR count). The number of ketones is 2. The van der Waals surface area contributed by atoms with E-state index < -0.39 is 81.7 Å². The zero-order valence-corrected chi connectivity index (χ0v) is 24.5. The SMILES string of the molecule is CC1C2=C(C(=O)C3=C1C(O)C1[C@H](N(C)C)C(O)=C(C(N)=O)C(=O)[C@@]1(O)C3O)C(O)=C(NC(=O)CN1CCOCC1C)CC2. The van der Waals surface area contributed by atoms with Gasteiger partial charge >= 0.3 is 0 Å². The highest BCUT2D eigenvalue weighted by atomic mass is 16.5. The summed E-state index contributed by atoms with van der Waals surface area (Å²) < 4.78 is 5.40. The summed E-state index contributed by atoms with van der Waals surface area (Å²) in [6, 6.07) is -1.30. The van der Waals surface area contributed by atoms with Gasteiger partial charge in [-0.2, -0.15) is 0 Å². The summed E-state index contributed by atoms with van der Waals surface area (Å²) in [6.45, 7) is 5.16. The zero-order chi connectivity index (χ0) is 31.7. The van der Waals surface area contributed by atoms with Gasteiger partial charge in [-0.15, -0.1) is 0 Å². The summed E-state index contributed by atoms with van der Waals surface area (Å²) in [5.74, 6) is -7.66. The summed E-state index contributed by atoms with van der Waals surface area (Å²) in [6.07, 6.45) is -3.54. The van der Waals surface area contributed by atoms with Gasteiger partial charge in [0.05, 0.1) is 49.1 Å². The molecule has 0 bridgehead atoms. The monoisotopic (exact) mass is 602 g/mol. The van der Waals surface area contributed by atoms with Crippen LogP contribution in [0.3, 0.4) is 0 Å². The van der Waals surface area contributed by atoms with Crippen LogP contribution in [-0.2, 0) is 23.9 Å². The molecule has 1 saturated heterocycles. The number of ether oxygens (including phenoxy) is 1. The van der Waals surface area contributed by atoms with Crippen molar-refractivity contribution in [1.29, 1.82) is 0 Å². The zero-order valence-electron chi connectivity index (χ0n) is 24.5. The Labute approximate surface area is 247 Å². The van der Waals surface area contributed by atoms with E-state index in [4.69, 9.17) is 10.5 Å². The van der Waals surface area contributed by atoms with E-state index >= 15 is 0 Å². The smallest absolute Gasteiger partial charge is 0.255 e. The minimum atomic E-state index is -2.92. The molecule has 14 heteroatoms. The molecular weight excluding hydrogens is 564 g/mol. The van der Waals surface area contributed by atoms with E-state index in [1.165, 1.54) is 19.0 Å². The number of amides is 2. The second kappa shape index (κ2) is 10.9. The largest absolute Gasteiger partial charge is 0.510 e. The summed E-state index contributed by atoms with van der Waals surface area (Å²) >= 11 is 0. The third kappa shape index (κ3) is 4.55. The van der Waals surface area contributed by atoms with E-state index in [0.717, 1.165) is 0 Å². The summed E-state index contributed by atoms with van der Waals surface area (Å²) in [4.78, 5) is 55.9. The van der Waals surface area contributed by atoms with Gasteiger partial charge in [0.2, 0.25) is 11.7 Å². The Morgan fingerprint density at radius 3 is 2.44 bits per heavy atom. The molecule has 0 radical (unpaired) electrons. The normalized spacial score (nSPS) is 35.3. The lowest BCUT2D eigenvalue weighted by Gasteiger charge is -2.54. The first-order valence-corrected chi connectivity index (χ1v) is 14.2. The van der Waals surface area contributed by atoms with Gasteiger partial charge in [0, 0.05) is 24.1 Å². The second-order valence-electron chi connectivity index (χ2n) is 12.2. The van der Waals surface area contributed by atoms with Crippen LogP contribution in [0, 0.1) is 11.8 Å². The van der Waals surface area contributed by atoms with Crippen molar-refractivity contribution in [1.82, 2.24) is 15.1 Å². The van der Waals surface area contributed by atoms with Crippen LogP contribution in [0.4, 0.5) is 0 Å². The number of nitrogens with two attached hydrogens (primary N) is 1. The van der Waals surface area contributed by atoms with E-state index in [1.54, 1.807) is 6.92 Å². The van der Waals surface area contributed by atoms with Crippen molar-refractivity contribution in [2.75, 3.05) is 40.4 Å². The van der Waals surface area contributed by atoms with Crippen molar-refractivity contribution in [3.63, 3.8) is 0 Å². The maximum Gasteiger partial charge on any atom is 0.255 e. The highest BCUT2D eigenvalue weighted by molar-refractivity contribution is 6.24. The number of carbonyl (C=O) groups excluding carboxylic acids is 4. The maximum atomic E-state index is 14.0. The highest BCUT2D eigenvalue weighted by Crippen LogP contribution is 2.53. The number of nitrogens with one attached hydrogen (secondary N) is 1. The van der Waals surface area contributed by atoms with Crippen LogP contribution >= 0.6 is 0 Å². The van der Waals surface area contributed by atoms with Gasteiger partial charge < -0.3 is 41.3 Å². The molecular formula is C29H38N4O10. The maximum absolute atomic E-state index is 14.0.